The Hall–Kier alpha value is -4.33. The Labute approximate surface area is 202 Å². The Bertz CT molecular complexity index is 1230. The number of halogens is 2. The van der Waals surface area contributed by atoms with Crippen molar-refractivity contribution < 1.29 is 32.5 Å². The fourth-order valence-electron chi connectivity index (χ4n) is 3.29. The number of ketones is 1. The predicted molar refractivity (Wildman–Crippen MR) is 131 cm³/mol. The van der Waals surface area contributed by atoms with Crippen LogP contribution in [-0.2, 0) is 0 Å². The van der Waals surface area contributed by atoms with E-state index in [2.05, 4.69) is 5.32 Å². The number of benzene rings is 3. The molecule has 35 heavy (non-hydrogen) atoms. The molecule has 8 heteroatoms. The van der Waals surface area contributed by atoms with Crippen molar-refractivity contribution in [2.45, 2.75) is 0 Å². The topological polar surface area (TPSA) is 66.0 Å². The van der Waals surface area contributed by atoms with Crippen LogP contribution in [0.3, 0.4) is 0 Å². The molecular formula is C27H25F2NO5. The Kier molecular flexibility index (Phi) is 8.45. The molecule has 0 radical (unpaired) electrons. The van der Waals surface area contributed by atoms with Gasteiger partial charge in [-0.05, 0) is 48.0 Å². The van der Waals surface area contributed by atoms with Crippen LogP contribution in [0.25, 0.3) is 12.2 Å². The van der Waals surface area contributed by atoms with Crippen LogP contribution in [0.2, 0.25) is 0 Å². The van der Waals surface area contributed by atoms with Gasteiger partial charge in [0.05, 0.1) is 28.4 Å². The molecule has 0 amide bonds. The highest BCUT2D eigenvalue weighted by Gasteiger charge is 2.13. The minimum Gasteiger partial charge on any atom is -0.494 e. The molecule has 6 nitrogen and oxygen atoms in total. The number of carbonyl (C=O) groups excluding carboxylic acids is 1. The zero-order chi connectivity index (χ0) is 25.4. The van der Waals surface area contributed by atoms with E-state index >= 15 is 0 Å². The normalized spacial score (nSPS) is 11.0. The van der Waals surface area contributed by atoms with E-state index in [1.165, 1.54) is 77.1 Å². The van der Waals surface area contributed by atoms with Crippen molar-refractivity contribution in [1.29, 1.82) is 0 Å². The second-order valence-corrected chi connectivity index (χ2v) is 7.21. The van der Waals surface area contributed by atoms with E-state index in [0.717, 1.165) is 5.56 Å². The molecule has 0 unspecified atom stereocenters. The maximum Gasteiger partial charge on any atom is 0.203 e. The standard InChI is InChI=1S/C27H25F2NO5/c1-32-24-16-22(30-12-11-23(31)18-7-9-20(28)10-8-18)19(15-21(24)29)6-5-17-13-25(33-2)27(35-4)26(14-17)34-3/h5-16,30H,1-4H3/b6-5-,12-11-. The van der Waals surface area contributed by atoms with Crippen LogP contribution < -0.4 is 24.3 Å². The zero-order valence-corrected chi connectivity index (χ0v) is 19.7. The lowest BCUT2D eigenvalue weighted by atomic mass is 10.1. The van der Waals surface area contributed by atoms with Crippen LogP contribution in [-0.4, -0.2) is 34.2 Å². The first-order valence-electron chi connectivity index (χ1n) is 10.5. The third-order valence-electron chi connectivity index (χ3n) is 5.07. The summed E-state index contributed by atoms with van der Waals surface area (Å²) in [4.78, 5) is 12.3. The molecule has 0 aliphatic heterocycles. The number of carbonyl (C=O) groups is 1. The highest BCUT2D eigenvalue weighted by molar-refractivity contribution is 6.04. The molecule has 3 aromatic carbocycles. The molecule has 0 aromatic heterocycles. The second-order valence-electron chi connectivity index (χ2n) is 7.21. The van der Waals surface area contributed by atoms with Crippen molar-refractivity contribution in [3.63, 3.8) is 0 Å². The van der Waals surface area contributed by atoms with Gasteiger partial charge in [-0.15, -0.1) is 0 Å². The molecule has 0 saturated heterocycles. The van der Waals surface area contributed by atoms with Gasteiger partial charge < -0.3 is 24.3 Å². The number of nitrogens with one attached hydrogen (secondary N) is 1. The molecule has 182 valence electrons. The third-order valence-corrected chi connectivity index (χ3v) is 5.07. The van der Waals surface area contributed by atoms with Gasteiger partial charge >= 0.3 is 0 Å². The number of hydrogen-bond donors (Lipinski definition) is 1. The monoisotopic (exact) mass is 481 g/mol. The Morgan fingerprint density at radius 3 is 2.00 bits per heavy atom. The second kappa shape index (κ2) is 11.7. The maximum absolute atomic E-state index is 14.5. The summed E-state index contributed by atoms with van der Waals surface area (Å²) < 4.78 is 48.7. The summed E-state index contributed by atoms with van der Waals surface area (Å²) in [5.41, 5.74) is 2.05. The average Bonchev–Trinajstić information content (AvgIpc) is 2.87. The Morgan fingerprint density at radius 2 is 1.43 bits per heavy atom. The van der Waals surface area contributed by atoms with Gasteiger partial charge in [-0.2, -0.15) is 0 Å². The van der Waals surface area contributed by atoms with Crippen molar-refractivity contribution >= 4 is 23.6 Å². The van der Waals surface area contributed by atoms with Crippen molar-refractivity contribution in [2.75, 3.05) is 33.8 Å². The number of ether oxygens (including phenoxy) is 4. The lowest BCUT2D eigenvalue weighted by Gasteiger charge is -2.13. The van der Waals surface area contributed by atoms with Gasteiger partial charge in [0.25, 0.3) is 0 Å². The molecule has 0 fully saturated rings. The smallest absolute Gasteiger partial charge is 0.203 e. The third kappa shape index (κ3) is 6.17. The summed E-state index contributed by atoms with van der Waals surface area (Å²) >= 11 is 0. The molecule has 0 spiro atoms. The molecule has 3 rings (SSSR count). The first-order valence-corrected chi connectivity index (χ1v) is 10.5. The van der Waals surface area contributed by atoms with Gasteiger partial charge in [0.2, 0.25) is 5.75 Å². The van der Waals surface area contributed by atoms with Crippen LogP contribution in [0.4, 0.5) is 14.5 Å². The van der Waals surface area contributed by atoms with E-state index in [0.29, 0.717) is 34.1 Å². The molecule has 0 saturated carbocycles. The molecule has 0 aliphatic carbocycles. The SMILES string of the molecule is COc1cc(N/C=C\C(=O)c2ccc(F)cc2)c(/C=C\c2cc(OC)c(OC)c(OC)c2)cc1F. The van der Waals surface area contributed by atoms with E-state index in [9.17, 15) is 13.6 Å². The van der Waals surface area contributed by atoms with Gasteiger partial charge in [-0.1, -0.05) is 12.2 Å². The van der Waals surface area contributed by atoms with Crippen LogP contribution in [0, 0.1) is 11.6 Å². The van der Waals surface area contributed by atoms with Gasteiger partial charge in [-0.3, -0.25) is 4.79 Å². The zero-order valence-electron chi connectivity index (χ0n) is 19.7. The summed E-state index contributed by atoms with van der Waals surface area (Å²) in [6.07, 6.45) is 6.18. The minimum absolute atomic E-state index is 0.0377. The fourth-order valence-corrected chi connectivity index (χ4v) is 3.29. The summed E-state index contributed by atoms with van der Waals surface area (Å²) in [6.45, 7) is 0. The van der Waals surface area contributed by atoms with Crippen molar-refractivity contribution in [3.8, 4) is 23.0 Å². The fraction of sp³-hybridized carbons (Fsp3) is 0.148. The van der Waals surface area contributed by atoms with Crippen LogP contribution >= 0.6 is 0 Å². The van der Waals surface area contributed by atoms with Crippen LogP contribution in [0.15, 0.2) is 60.8 Å². The van der Waals surface area contributed by atoms with Gasteiger partial charge in [0.1, 0.15) is 5.82 Å². The van der Waals surface area contributed by atoms with Crippen LogP contribution in [0.5, 0.6) is 23.0 Å². The average molecular weight is 481 g/mol. The number of anilines is 1. The molecule has 3 aromatic rings. The summed E-state index contributed by atoms with van der Waals surface area (Å²) in [6, 6.07) is 11.5. The van der Waals surface area contributed by atoms with Crippen molar-refractivity contribution in [3.05, 3.63) is 89.1 Å². The number of methoxy groups -OCH3 is 4. The first kappa shape index (κ1) is 25.3. The number of allylic oxidation sites excluding steroid dienone is 1. The number of hydrogen-bond acceptors (Lipinski definition) is 6. The largest absolute Gasteiger partial charge is 0.494 e. The highest BCUT2D eigenvalue weighted by atomic mass is 19.1. The van der Waals surface area contributed by atoms with Gasteiger partial charge in [0, 0.05) is 35.2 Å². The molecular weight excluding hydrogens is 456 g/mol. The molecule has 0 aliphatic rings. The van der Waals surface area contributed by atoms with Gasteiger partial charge in [-0.25, -0.2) is 8.78 Å². The summed E-state index contributed by atoms with van der Waals surface area (Å²) in [5, 5.41) is 2.98. The predicted octanol–water partition coefficient (Wildman–Crippen LogP) is 5.98. The first-order chi connectivity index (χ1) is 16.9. The van der Waals surface area contributed by atoms with E-state index in [1.807, 2.05) is 0 Å². The molecule has 0 heterocycles. The number of rotatable bonds is 10. The summed E-state index contributed by atoms with van der Waals surface area (Å²) in [5.74, 6) is 0.165. The van der Waals surface area contributed by atoms with Gasteiger partial charge in [0.15, 0.2) is 28.8 Å². The van der Waals surface area contributed by atoms with E-state index in [-0.39, 0.29) is 11.5 Å². The lowest BCUT2D eigenvalue weighted by Crippen LogP contribution is -1.99. The van der Waals surface area contributed by atoms with Crippen molar-refractivity contribution in [1.82, 2.24) is 0 Å². The van der Waals surface area contributed by atoms with E-state index in [4.69, 9.17) is 18.9 Å². The molecule has 0 atom stereocenters. The van der Waals surface area contributed by atoms with E-state index < -0.39 is 11.6 Å². The maximum atomic E-state index is 14.5. The highest BCUT2D eigenvalue weighted by Crippen LogP contribution is 2.39. The quantitative estimate of drug-likeness (QED) is 0.218. The van der Waals surface area contributed by atoms with E-state index in [1.54, 1.807) is 24.3 Å². The lowest BCUT2D eigenvalue weighted by molar-refractivity contribution is 0.104. The Balaban J connectivity index is 1.90. The van der Waals surface area contributed by atoms with Crippen LogP contribution in [0.1, 0.15) is 21.5 Å². The summed E-state index contributed by atoms with van der Waals surface area (Å²) in [7, 11) is 5.92. The molecule has 1 N–H and O–H groups in total. The minimum atomic E-state index is -0.547. The molecule has 0 bridgehead atoms. The Morgan fingerprint density at radius 1 is 0.800 bits per heavy atom. The van der Waals surface area contributed by atoms with Crippen molar-refractivity contribution in [2.24, 2.45) is 0 Å².